The number of alkyl halides is 3. The van der Waals surface area contributed by atoms with Crippen molar-refractivity contribution in [2.24, 2.45) is 0 Å². The summed E-state index contributed by atoms with van der Waals surface area (Å²) in [5.74, 6) is -0.832. The number of hydrogen-bond donors (Lipinski definition) is 1. The van der Waals surface area contributed by atoms with Gasteiger partial charge < -0.3 is 24.1 Å². The summed E-state index contributed by atoms with van der Waals surface area (Å²) in [6.45, 7) is 0.0458. The molecule has 0 aliphatic carbocycles. The molecule has 2 heterocycles. The minimum Gasteiger partial charge on any atom is -0.496 e. The minimum atomic E-state index is -4.74. The van der Waals surface area contributed by atoms with E-state index >= 15 is 0 Å². The number of carbonyl (C=O) groups excluding carboxylic acids is 1. The standard InChI is InChI=1S/C19H17F3N4O5/c1-28-14-5-11(7-23-9-14)10-30-18(27)24-8-13-4-3-12(6-15(13)29-2)16-25-17(31-26-16)19(20,21)22/h3-7,9H,8,10H2,1-2H3,(H,24,27). The number of carbonyl (C=O) groups is 1. The Morgan fingerprint density at radius 1 is 1.16 bits per heavy atom. The van der Waals surface area contributed by atoms with Crippen LogP contribution in [0.3, 0.4) is 0 Å². The third-order valence-corrected chi connectivity index (χ3v) is 4.01. The number of pyridine rings is 1. The van der Waals surface area contributed by atoms with Crippen molar-refractivity contribution in [1.82, 2.24) is 20.4 Å². The summed E-state index contributed by atoms with van der Waals surface area (Å²) in [4.78, 5) is 19.3. The molecule has 0 saturated carbocycles. The van der Waals surface area contributed by atoms with Gasteiger partial charge in [0.05, 0.1) is 20.4 Å². The van der Waals surface area contributed by atoms with Gasteiger partial charge in [0.1, 0.15) is 18.1 Å². The topological polar surface area (TPSA) is 109 Å². The highest BCUT2D eigenvalue weighted by Crippen LogP contribution is 2.31. The second kappa shape index (κ2) is 9.32. The van der Waals surface area contributed by atoms with E-state index in [2.05, 4.69) is 25.0 Å². The third-order valence-electron chi connectivity index (χ3n) is 4.01. The molecule has 0 aliphatic heterocycles. The molecule has 0 saturated heterocycles. The number of alkyl carbamates (subject to hydrolysis) is 1. The second-order valence-corrected chi connectivity index (χ2v) is 6.11. The number of nitrogens with one attached hydrogen (secondary N) is 1. The van der Waals surface area contributed by atoms with Crippen LogP contribution in [0.4, 0.5) is 18.0 Å². The molecule has 0 radical (unpaired) electrons. The first kappa shape index (κ1) is 21.9. The number of rotatable bonds is 7. The zero-order valence-electron chi connectivity index (χ0n) is 16.4. The van der Waals surface area contributed by atoms with Gasteiger partial charge in [-0.1, -0.05) is 17.3 Å². The molecule has 2 aromatic heterocycles. The molecule has 0 spiro atoms. The predicted octanol–water partition coefficient (Wildman–Crippen LogP) is 3.59. The van der Waals surface area contributed by atoms with Crippen molar-refractivity contribution in [3.05, 3.63) is 53.7 Å². The van der Waals surface area contributed by atoms with Crippen molar-refractivity contribution < 1.29 is 36.7 Å². The lowest BCUT2D eigenvalue weighted by Gasteiger charge is -2.11. The monoisotopic (exact) mass is 438 g/mol. The first-order valence-corrected chi connectivity index (χ1v) is 8.77. The van der Waals surface area contributed by atoms with E-state index in [-0.39, 0.29) is 24.5 Å². The van der Waals surface area contributed by atoms with E-state index in [9.17, 15) is 18.0 Å². The van der Waals surface area contributed by atoms with Gasteiger partial charge in [0.25, 0.3) is 0 Å². The Labute approximate surface area is 174 Å². The molecular weight excluding hydrogens is 421 g/mol. The predicted molar refractivity (Wildman–Crippen MR) is 99.1 cm³/mol. The van der Waals surface area contributed by atoms with Crippen molar-refractivity contribution in [2.45, 2.75) is 19.3 Å². The average Bonchev–Trinajstić information content (AvgIpc) is 3.27. The molecule has 0 bridgehead atoms. The molecule has 0 unspecified atom stereocenters. The number of amides is 1. The summed E-state index contributed by atoms with van der Waals surface area (Å²) in [6, 6.07) is 6.17. The van der Waals surface area contributed by atoms with Crippen LogP contribution in [-0.4, -0.2) is 35.4 Å². The summed E-state index contributed by atoms with van der Waals surface area (Å²) in [5, 5.41) is 5.90. The lowest BCUT2D eigenvalue weighted by molar-refractivity contribution is -0.159. The largest absolute Gasteiger partial charge is 0.496 e. The molecule has 9 nitrogen and oxygen atoms in total. The van der Waals surface area contributed by atoms with E-state index in [1.54, 1.807) is 18.3 Å². The number of nitrogens with zero attached hydrogens (tertiary/aromatic N) is 3. The molecule has 0 atom stereocenters. The Kier molecular flexibility index (Phi) is 6.58. The summed E-state index contributed by atoms with van der Waals surface area (Å²) in [6.07, 6.45) is -2.35. The number of halogens is 3. The van der Waals surface area contributed by atoms with E-state index in [4.69, 9.17) is 14.2 Å². The van der Waals surface area contributed by atoms with Crippen molar-refractivity contribution in [2.75, 3.05) is 14.2 Å². The fraction of sp³-hybridized carbons (Fsp3) is 0.263. The van der Waals surface area contributed by atoms with Gasteiger partial charge in [0.15, 0.2) is 0 Å². The number of hydrogen-bond acceptors (Lipinski definition) is 8. The summed E-state index contributed by atoms with van der Waals surface area (Å²) < 4.78 is 57.5. The van der Waals surface area contributed by atoms with E-state index in [1.807, 2.05) is 0 Å². The maximum absolute atomic E-state index is 12.6. The Bertz CT molecular complexity index is 1060. The lowest BCUT2D eigenvalue weighted by atomic mass is 10.1. The van der Waals surface area contributed by atoms with E-state index in [1.165, 1.54) is 32.5 Å². The normalized spacial score (nSPS) is 11.1. The van der Waals surface area contributed by atoms with Gasteiger partial charge in [-0.2, -0.15) is 18.2 Å². The van der Waals surface area contributed by atoms with Gasteiger partial charge in [0, 0.05) is 29.4 Å². The molecule has 0 fully saturated rings. The Morgan fingerprint density at radius 2 is 1.97 bits per heavy atom. The molecule has 3 rings (SSSR count). The molecule has 1 aromatic carbocycles. The van der Waals surface area contributed by atoms with Gasteiger partial charge >= 0.3 is 18.2 Å². The molecule has 12 heteroatoms. The van der Waals surface area contributed by atoms with Crippen molar-refractivity contribution >= 4 is 6.09 Å². The van der Waals surface area contributed by atoms with Crippen LogP contribution in [0.25, 0.3) is 11.4 Å². The first-order chi connectivity index (χ1) is 14.8. The Balaban J connectivity index is 1.61. The minimum absolute atomic E-state index is 0.00846. The molecule has 3 aromatic rings. The fourth-order valence-corrected chi connectivity index (χ4v) is 2.51. The van der Waals surface area contributed by atoms with Gasteiger partial charge in [-0.05, 0) is 12.1 Å². The average molecular weight is 438 g/mol. The first-order valence-electron chi connectivity index (χ1n) is 8.77. The zero-order valence-corrected chi connectivity index (χ0v) is 16.4. The summed E-state index contributed by atoms with van der Waals surface area (Å²) in [7, 11) is 2.88. The van der Waals surface area contributed by atoms with Crippen LogP contribution >= 0.6 is 0 Å². The van der Waals surface area contributed by atoms with Crippen LogP contribution in [0.5, 0.6) is 11.5 Å². The van der Waals surface area contributed by atoms with Gasteiger partial charge in [0.2, 0.25) is 5.82 Å². The highest BCUT2D eigenvalue weighted by atomic mass is 19.4. The van der Waals surface area contributed by atoms with Gasteiger partial charge in [-0.3, -0.25) is 4.98 Å². The Morgan fingerprint density at radius 3 is 2.65 bits per heavy atom. The molecule has 1 amide bonds. The van der Waals surface area contributed by atoms with Crippen molar-refractivity contribution in [1.29, 1.82) is 0 Å². The quantitative estimate of drug-likeness (QED) is 0.596. The second-order valence-electron chi connectivity index (χ2n) is 6.11. The highest BCUT2D eigenvalue weighted by Gasteiger charge is 2.38. The summed E-state index contributed by atoms with van der Waals surface area (Å²) >= 11 is 0. The summed E-state index contributed by atoms with van der Waals surface area (Å²) in [5.41, 5.74) is 1.47. The molecule has 0 aliphatic rings. The maximum Gasteiger partial charge on any atom is 0.471 e. The Hall–Kier alpha value is -3.83. The van der Waals surface area contributed by atoms with Crippen LogP contribution in [-0.2, 0) is 24.1 Å². The third kappa shape index (κ3) is 5.62. The number of methoxy groups -OCH3 is 2. The molecule has 31 heavy (non-hydrogen) atoms. The lowest BCUT2D eigenvalue weighted by Crippen LogP contribution is -2.23. The molecular formula is C19H17F3N4O5. The van der Waals surface area contributed by atoms with Crippen molar-refractivity contribution in [3.63, 3.8) is 0 Å². The fourth-order valence-electron chi connectivity index (χ4n) is 2.51. The van der Waals surface area contributed by atoms with E-state index in [0.717, 1.165) is 0 Å². The zero-order chi connectivity index (χ0) is 22.4. The number of aromatic nitrogens is 3. The highest BCUT2D eigenvalue weighted by molar-refractivity contribution is 5.67. The van der Waals surface area contributed by atoms with Crippen LogP contribution < -0.4 is 14.8 Å². The van der Waals surface area contributed by atoms with Gasteiger partial charge in [-0.15, -0.1) is 0 Å². The SMILES string of the molecule is COc1cncc(COC(=O)NCc2ccc(-c3noc(C(F)(F)F)n3)cc2OC)c1. The molecule has 164 valence electrons. The maximum atomic E-state index is 12.6. The van der Waals surface area contributed by atoms with Crippen molar-refractivity contribution in [3.8, 4) is 22.9 Å². The van der Waals surface area contributed by atoms with Gasteiger partial charge in [-0.25, -0.2) is 4.79 Å². The van der Waals surface area contributed by atoms with E-state index in [0.29, 0.717) is 22.6 Å². The van der Waals surface area contributed by atoms with Crippen LogP contribution in [0.1, 0.15) is 17.0 Å². The molecule has 1 N–H and O–H groups in total. The van der Waals surface area contributed by atoms with E-state index < -0.39 is 18.2 Å². The van der Waals surface area contributed by atoms with Crippen LogP contribution in [0.2, 0.25) is 0 Å². The number of benzene rings is 1. The van der Waals surface area contributed by atoms with Crippen LogP contribution in [0.15, 0.2) is 41.2 Å². The smallest absolute Gasteiger partial charge is 0.471 e. The van der Waals surface area contributed by atoms with Crippen LogP contribution in [0, 0.1) is 0 Å². The number of ether oxygens (including phenoxy) is 3.